The maximum Gasteiger partial charge on any atom is 0.118 e. The molecule has 0 N–H and O–H groups in total. The summed E-state index contributed by atoms with van der Waals surface area (Å²) in [5.41, 5.74) is 4.25. The fourth-order valence-corrected chi connectivity index (χ4v) is 2.60. The second kappa shape index (κ2) is 7.14. The predicted molar refractivity (Wildman–Crippen MR) is 85.6 cm³/mol. The van der Waals surface area contributed by atoms with Gasteiger partial charge in [0.25, 0.3) is 0 Å². The van der Waals surface area contributed by atoms with E-state index >= 15 is 0 Å². The molecule has 106 valence electrons. The molecule has 1 atom stereocenters. The minimum absolute atomic E-state index is 0.526. The number of methoxy groups -OCH3 is 1. The van der Waals surface area contributed by atoms with Crippen LogP contribution >= 0.6 is 0 Å². The minimum atomic E-state index is 0.526. The Bertz CT molecular complexity index is 528. The van der Waals surface area contributed by atoms with Gasteiger partial charge in [-0.3, -0.25) is 0 Å². The molecule has 0 fully saturated rings. The van der Waals surface area contributed by atoms with Crippen LogP contribution in [0, 0.1) is 0 Å². The average molecular weight is 268 g/mol. The van der Waals surface area contributed by atoms with Crippen molar-refractivity contribution in [1.82, 2.24) is 0 Å². The van der Waals surface area contributed by atoms with Crippen molar-refractivity contribution in [3.05, 3.63) is 65.2 Å². The minimum Gasteiger partial charge on any atom is -0.497 e. The number of rotatable bonds is 6. The van der Waals surface area contributed by atoms with Crippen molar-refractivity contribution in [3.8, 4) is 5.75 Å². The maximum absolute atomic E-state index is 5.21. The van der Waals surface area contributed by atoms with Crippen molar-refractivity contribution in [1.29, 1.82) is 0 Å². The summed E-state index contributed by atoms with van der Waals surface area (Å²) >= 11 is 0. The van der Waals surface area contributed by atoms with Crippen molar-refractivity contribution < 1.29 is 4.74 Å². The Kier molecular flexibility index (Phi) is 5.23. The third-order valence-electron chi connectivity index (χ3n) is 3.76. The molecule has 2 aromatic rings. The maximum atomic E-state index is 5.21. The molecule has 2 aromatic carbocycles. The summed E-state index contributed by atoms with van der Waals surface area (Å²) in [6.07, 6.45) is 3.46. The van der Waals surface area contributed by atoms with E-state index in [4.69, 9.17) is 4.74 Å². The van der Waals surface area contributed by atoms with Gasteiger partial charge in [0.05, 0.1) is 7.11 Å². The molecule has 1 nitrogen and oxygen atoms in total. The van der Waals surface area contributed by atoms with Gasteiger partial charge in [-0.25, -0.2) is 0 Å². The molecule has 0 aromatic heterocycles. The highest BCUT2D eigenvalue weighted by atomic mass is 16.5. The topological polar surface area (TPSA) is 9.23 Å². The molecule has 0 bridgehead atoms. The number of hydrogen-bond donors (Lipinski definition) is 0. The standard InChI is InChI=1S/C19H24O/c1-4-6-16-7-5-8-17(14-16)13-15(2)18-9-11-19(20-3)12-10-18/h5,7-12,14-15H,4,6,13H2,1-3H3. The Morgan fingerprint density at radius 2 is 1.70 bits per heavy atom. The molecular formula is C19H24O. The zero-order valence-corrected chi connectivity index (χ0v) is 12.7. The summed E-state index contributed by atoms with van der Waals surface area (Å²) in [6.45, 7) is 4.51. The molecule has 20 heavy (non-hydrogen) atoms. The molecule has 1 unspecified atom stereocenters. The van der Waals surface area contributed by atoms with E-state index in [-0.39, 0.29) is 0 Å². The quantitative estimate of drug-likeness (QED) is 0.717. The molecule has 0 radical (unpaired) electrons. The van der Waals surface area contributed by atoms with Crippen LogP contribution in [-0.4, -0.2) is 7.11 Å². The highest BCUT2D eigenvalue weighted by Crippen LogP contribution is 2.23. The van der Waals surface area contributed by atoms with Gasteiger partial charge in [0.15, 0.2) is 0 Å². The SMILES string of the molecule is CCCc1cccc(CC(C)c2ccc(OC)cc2)c1. The molecule has 0 aliphatic rings. The molecule has 0 saturated carbocycles. The van der Waals surface area contributed by atoms with E-state index in [2.05, 4.69) is 50.2 Å². The van der Waals surface area contributed by atoms with E-state index in [9.17, 15) is 0 Å². The smallest absolute Gasteiger partial charge is 0.118 e. The Hall–Kier alpha value is -1.76. The van der Waals surface area contributed by atoms with Crippen LogP contribution in [-0.2, 0) is 12.8 Å². The predicted octanol–water partition coefficient (Wildman–Crippen LogP) is 4.99. The van der Waals surface area contributed by atoms with Gasteiger partial charge in [0.2, 0.25) is 0 Å². The number of ether oxygens (including phenoxy) is 1. The summed E-state index contributed by atoms with van der Waals surface area (Å²) in [4.78, 5) is 0. The lowest BCUT2D eigenvalue weighted by atomic mass is 9.92. The third-order valence-corrected chi connectivity index (χ3v) is 3.76. The lowest BCUT2D eigenvalue weighted by Crippen LogP contribution is -1.99. The number of hydrogen-bond acceptors (Lipinski definition) is 1. The van der Waals surface area contributed by atoms with Crippen LogP contribution in [0.1, 0.15) is 42.9 Å². The van der Waals surface area contributed by atoms with Crippen LogP contribution in [0.4, 0.5) is 0 Å². The van der Waals surface area contributed by atoms with Crippen LogP contribution in [0.2, 0.25) is 0 Å². The Morgan fingerprint density at radius 3 is 2.35 bits per heavy atom. The molecule has 2 rings (SSSR count). The lowest BCUT2D eigenvalue weighted by Gasteiger charge is -2.13. The molecule has 0 saturated heterocycles. The first kappa shape index (κ1) is 14.6. The summed E-state index contributed by atoms with van der Waals surface area (Å²) in [5.74, 6) is 1.45. The van der Waals surface area contributed by atoms with E-state index in [1.807, 2.05) is 12.1 Å². The van der Waals surface area contributed by atoms with Gasteiger partial charge in [-0.2, -0.15) is 0 Å². The Balaban J connectivity index is 2.06. The second-order valence-electron chi connectivity index (χ2n) is 5.45. The van der Waals surface area contributed by atoms with Crippen molar-refractivity contribution in [3.63, 3.8) is 0 Å². The molecule has 0 amide bonds. The third kappa shape index (κ3) is 3.86. The molecule has 0 heterocycles. The molecule has 0 aliphatic carbocycles. The van der Waals surface area contributed by atoms with E-state index < -0.39 is 0 Å². The summed E-state index contributed by atoms with van der Waals surface area (Å²) in [5, 5.41) is 0. The van der Waals surface area contributed by atoms with Gasteiger partial charge >= 0.3 is 0 Å². The van der Waals surface area contributed by atoms with E-state index in [0.29, 0.717) is 5.92 Å². The van der Waals surface area contributed by atoms with E-state index in [1.165, 1.54) is 29.5 Å². The summed E-state index contributed by atoms with van der Waals surface area (Å²) in [6, 6.07) is 17.4. The number of aryl methyl sites for hydroxylation is 1. The average Bonchev–Trinajstić information content (AvgIpc) is 2.48. The molecular weight excluding hydrogens is 244 g/mol. The van der Waals surface area contributed by atoms with Crippen LogP contribution in [0.15, 0.2) is 48.5 Å². The number of benzene rings is 2. The first-order valence-corrected chi connectivity index (χ1v) is 7.44. The lowest BCUT2D eigenvalue weighted by molar-refractivity contribution is 0.414. The Morgan fingerprint density at radius 1 is 1.00 bits per heavy atom. The van der Waals surface area contributed by atoms with E-state index in [0.717, 1.165) is 12.2 Å². The first-order valence-electron chi connectivity index (χ1n) is 7.44. The fourth-order valence-electron chi connectivity index (χ4n) is 2.60. The Labute approximate surface area is 122 Å². The highest BCUT2D eigenvalue weighted by Gasteiger charge is 2.07. The monoisotopic (exact) mass is 268 g/mol. The van der Waals surface area contributed by atoms with Gasteiger partial charge in [0.1, 0.15) is 5.75 Å². The van der Waals surface area contributed by atoms with Crippen LogP contribution in [0.5, 0.6) is 5.75 Å². The normalized spacial score (nSPS) is 12.2. The van der Waals surface area contributed by atoms with E-state index in [1.54, 1.807) is 7.11 Å². The van der Waals surface area contributed by atoms with Gasteiger partial charge in [-0.15, -0.1) is 0 Å². The van der Waals surface area contributed by atoms with Crippen molar-refractivity contribution in [2.24, 2.45) is 0 Å². The second-order valence-corrected chi connectivity index (χ2v) is 5.45. The summed E-state index contributed by atoms with van der Waals surface area (Å²) in [7, 11) is 1.71. The van der Waals surface area contributed by atoms with Crippen LogP contribution in [0.25, 0.3) is 0 Å². The highest BCUT2D eigenvalue weighted by molar-refractivity contribution is 5.31. The van der Waals surface area contributed by atoms with Gasteiger partial charge < -0.3 is 4.74 Å². The van der Waals surface area contributed by atoms with Crippen LogP contribution in [0.3, 0.4) is 0 Å². The fraction of sp³-hybridized carbons (Fsp3) is 0.368. The zero-order chi connectivity index (χ0) is 14.4. The molecule has 0 aliphatic heterocycles. The molecule has 1 heteroatoms. The van der Waals surface area contributed by atoms with Crippen LogP contribution < -0.4 is 4.74 Å². The first-order chi connectivity index (χ1) is 9.72. The summed E-state index contributed by atoms with van der Waals surface area (Å²) < 4.78 is 5.21. The molecule has 0 spiro atoms. The zero-order valence-electron chi connectivity index (χ0n) is 12.7. The van der Waals surface area contributed by atoms with Crippen molar-refractivity contribution in [2.45, 2.75) is 39.0 Å². The van der Waals surface area contributed by atoms with Crippen molar-refractivity contribution >= 4 is 0 Å². The largest absolute Gasteiger partial charge is 0.497 e. The van der Waals surface area contributed by atoms with Crippen molar-refractivity contribution in [2.75, 3.05) is 7.11 Å². The van der Waals surface area contributed by atoms with Gasteiger partial charge in [-0.05, 0) is 47.6 Å². The van der Waals surface area contributed by atoms with Gasteiger partial charge in [-0.1, -0.05) is 56.7 Å². The van der Waals surface area contributed by atoms with Gasteiger partial charge in [0, 0.05) is 0 Å².